The molecule has 4 unspecified atom stereocenters. The fourth-order valence-corrected chi connectivity index (χ4v) is 3.16. The monoisotopic (exact) mass is 226 g/mol. The Morgan fingerprint density at radius 3 is 2.56 bits per heavy atom. The Morgan fingerprint density at radius 2 is 1.94 bits per heavy atom. The molecule has 0 aromatic rings. The number of nitrogens with zero attached hydrogens (tertiary/aromatic N) is 1. The van der Waals surface area contributed by atoms with E-state index in [1.165, 1.54) is 38.5 Å². The van der Waals surface area contributed by atoms with Crippen LogP contribution < -0.4 is 5.73 Å². The second-order valence-corrected chi connectivity index (χ2v) is 5.60. The molecule has 94 valence electrons. The fourth-order valence-electron chi connectivity index (χ4n) is 3.16. The molecule has 2 N–H and O–H groups in total. The Labute approximate surface area is 99.3 Å². The van der Waals surface area contributed by atoms with Gasteiger partial charge in [-0.1, -0.05) is 12.8 Å². The summed E-state index contributed by atoms with van der Waals surface area (Å²) in [6.07, 6.45) is 8.43. The second-order valence-electron chi connectivity index (χ2n) is 5.60. The Bertz CT molecular complexity index is 222. The van der Waals surface area contributed by atoms with Gasteiger partial charge in [-0.15, -0.1) is 0 Å². The van der Waals surface area contributed by atoms with Crippen molar-refractivity contribution < 1.29 is 4.74 Å². The molecule has 1 saturated heterocycles. The third-order valence-electron chi connectivity index (χ3n) is 4.16. The predicted octanol–water partition coefficient (Wildman–Crippen LogP) is 1.76. The first-order valence-electron chi connectivity index (χ1n) is 6.78. The van der Waals surface area contributed by atoms with Gasteiger partial charge < -0.3 is 10.5 Å². The van der Waals surface area contributed by atoms with Crippen LogP contribution in [0.25, 0.3) is 0 Å². The van der Waals surface area contributed by atoms with Crippen LogP contribution in [0.2, 0.25) is 0 Å². The Kier molecular flexibility index (Phi) is 4.22. The molecule has 2 aliphatic rings. The first-order chi connectivity index (χ1) is 7.66. The summed E-state index contributed by atoms with van der Waals surface area (Å²) < 4.78 is 5.88. The molecule has 0 radical (unpaired) electrons. The molecular formula is C13H26N2O. The average molecular weight is 226 g/mol. The van der Waals surface area contributed by atoms with Crippen molar-refractivity contribution >= 4 is 0 Å². The summed E-state index contributed by atoms with van der Waals surface area (Å²) in [7, 11) is 2.21. The van der Waals surface area contributed by atoms with Gasteiger partial charge in [-0.2, -0.15) is 0 Å². The highest BCUT2D eigenvalue weighted by atomic mass is 16.5. The third kappa shape index (κ3) is 2.96. The number of ether oxygens (including phenoxy) is 1. The molecule has 16 heavy (non-hydrogen) atoms. The van der Waals surface area contributed by atoms with E-state index in [2.05, 4.69) is 18.9 Å². The topological polar surface area (TPSA) is 38.5 Å². The third-order valence-corrected chi connectivity index (χ3v) is 4.16. The fraction of sp³-hybridized carbons (Fsp3) is 1.00. The van der Waals surface area contributed by atoms with Gasteiger partial charge in [-0.3, -0.25) is 4.90 Å². The molecule has 3 heteroatoms. The minimum absolute atomic E-state index is 0.373. The van der Waals surface area contributed by atoms with Crippen molar-refractivity contribution in [3.05, 3.63) is 0 Å². The highest BCUT2D eigenvalue weighted by Gasteiger charge is 2.29. The maximum absolute atomic E-state index is 6.20. The molecule has 0 aromatic carbocycles. The highest BCUT2D eigenvalue weighted by molar-refractivity contribution is 4.86. The molecule has 0 amide bonds. The van der Waals surface area contributed by atoms with E-state index in [1.54, 1.807) is 0 Å². The summed E-state index contributed by atoms with van der Waals surface area (Å²) in [6.45, 7) is 3.23. The van der Waals surface area contributed by atoms with Crippen LogP contribution in [-0.4, -0.2) is 42.8 Å². The van der Waals surface area contributed by atoms with Crippen LogP contribution in [-0.2, 0) is 4.74 Å². The zero-order chi connectivity index (χ0) is 11.5. The van der Waals surface area contributed by atoms with Crippen LogP contribution in [0.3, 0.4) is 0 Å². The van der Waals surface area contributed by atoms with Crippen molar-refractivity contribution in [3.63, 3.8) is 0 Å². The number of hydrogen-bond acceptors (Lipinski definition) is 3. The van der Waals surface area contributed by atoms with E-state index in [4.69, 9.17) is 10.5 Å². The zero-order valence-corrected chi connectivity index (χ0v) is 10.7. The number of rotatable bonds is 3. The van der Waals surface area contributed by atoms with Crippen molar-refractivity contribution in [2.75, 3.05) is 13.6 Å². The van der Waals surface area contributed by atoms with Gasteiger partial charge in [-0.25, -0.2) is 0 Å². The number of nitrogens with two attached hydrogens (primary N) is 1. The molecule has 1 heterocycles. The van der Waals surface area contributed by atoms with Crippen molar-refractivity contribution in [2.45, 2.75) is 69.7 Å². The first kappa shape index (κ1) is 12.3. The van der Waals surface area contributed by atoms with Crippen LogP contribution >= 0.6 is 0 Å². The molecule has 1 aliphatic heterocycles. The smallest absolute Gasteiger partial charge is 0.0706 e. The average Bonchev–Trinajstić information content (AvgIpc) is 2.64. The van der Waals surface area contributed by atoms with Gasteiger partial charge in [0, 0.05) is 18.6 Å². The quantitative estimate of drug-likeness (QED) is 0.797. The number of likely N-dealkylation sites (N-methyl/N-ethyl adjacent to an activating group) is 1. The maximum atomic E-state index is 6.20. The van der Waals surface area contributed by atoms with Gasteiger partial charge >= 0.3 is 0 Å². The molecule has 0 spiro atoms. The Hall–Kier alpha value is -0.120. The standard InChI is InChI=1S/C13H26N2O/c1-10-7-8-11(16-10)9-15(2)13-6-4-3-5-12(13)14/h10-13H,3-9,14H2,1-2H3. The zero-order valence-electron chi connectivity index (χ0n) is 10.7. The molecule has 1 saturated carbocycles. The van der Waals surface area contributed by atoms with Gasteiger partial charge in [0.25, 0.3) is 0 Å². The molecule has 0 bridgehead atoms. The summed E-state index contributed by atoms with van der Waals surface area (Å²) in [5.74, 6) is 0. The summed E-state index contributed by atoms with van der Waals surface area (Å²) in [5.41, 5.74) is 6.20. The van der Waals surface area contributed by atoms with Crippen LogP contribution in [0.1, 0.15) is 45.4 Å². The van der Waals surface area contributed by atoms with Crippen LogP contribution in [0.4, 0.5) is 0 Å². The van der Waals surface area contributed by atoms with Crippen molar-refractivity contribution in [3.8, 4) is 0 Å². The first-order valence-corrected chi connectivity index (χ1v) is 6.78. The predicted molar refractivity (Wildman–Crippen MR) is 66.4 cm³/mol. The SMILES string of the molecule is CC1CCC(CN(C)C2CCCCC2N)O1. The maximum Gasteiger partial charge on any atom is 0.0706 e. The molecule has 2 rings (SSSR count). The van der Waals surface area contributed by atoms with E-state index in [0.29, 0.717) is 24.3 Å². The van der Waals surface area contributed by atoms with Gasteiger partial charge in [0.05, 0.1) is 12.2 Å². The van der Waals surface area contributed by atoms with Crippen molar-refractivity contribution in [1.82, 2.24) is 4.90 Å². The minimum atomic E-state index is 0.373. The largest absolute Gasteiger partial charge is 0.374 e. The molecular weight excluding hydrogens is 200 g/mol. The van der Waals surface area contributed by atoms with Gasteiger partial charge in [0.15, 0.2) is 0 Å². The summed E-state index contributed by atoms with van der Waals surface area (Å²) in [6, 6.07) is 0.950. The van der Waals surface area contributed by atoms with Gasteiger partial charge in [0.2, 0.25) is 0 Å². The van der Waals surface area contributed by atoms with Gasteiger partial charge in [0.1, 0.15) is 0 Å². The summed E-state index contributed by atoms with van der Waals surface area (Å²) in [5, 5.41) is 0. The van der Waals surface area contributed by atoms with Gasteiger partial charge in [-0.05, 0) is 39.7 Å². The van der Waals surface area contributed by atoms with Crippen LogP contribution in [0.15, 0.2) is 0 Å². The highest BCUT2D eigenvalue weighted by Crippen LogP contribution is 2.24. The van der Waals surface area contributed by atoms with E-state index in [-0.39, 0.29) is 0 Å². The van der Waals surface area contributed by atoms with E-state index < -0.39 is 0 Å². The van der Waals surface area contributed by atoms with Crippen molar-refractivity contribution in [1.29, 1.82) is 0 Å². The minimum Gasteiger partial charge on any atom is -0.374 e. The molecule has 0 aromatic heterocycles. The normalized spacial score (nSPS) is 40.5. The summed E-state index contributed by atoms with van der Waals surface area (Å²) >= 11 is 0. The van der Waals surface area contributed by atoms with E-state index in [0.717, 1.165) is 6.54 Å². The Morgan fingerprint density at radius 1 is 1.19 bits per heavy atom. The molecule has 2 fully saturated rings. The van der Waals surface area contributed by atoms with Crippen molar-refractivity contribution in [2.24, 2.45) is 5.73 Å². The lowest BCUT2D eigenvalue weighted by Crippen LogP contribution is -2.49. The second kappa shape index (κ2) is 5.48. The van der Waals surface area contributed by atoms with E-state index >= 15 is 0 Å². The lowest BCUT2D eigenvalue weighted by molar-refractivity contribution is 0.0220. The Balaban J connectivity index is 1.80. The lowest BCUT2D eigenvalue weighted by atomic mass is 9.90. The van der Waals surface area contributed by atoms with E-state index in [9.17, 15) is 0 Å². The van der Waals surface area contributed by atoms with Crippen LogP contribution in [0.5, 0.6) is 0 Å². The molecule has 4 atom stereocenters. The number of hydrogen-bond donors (Lipinski definition) is 1. The van der Waals surface area contributed by atoms with Crippen LogP contribution in [0, 0.1) is 0 Å². The molecule has 3 nitrogen and oxygen atoms in total. The molecule has 1 aliphatic carbocycles. The van der Waals surface area contributed by atoms with E-state index in [1.807, 2.05) is 0 Å². The summed E-state index contributed by atoms with van der Waals surface area (Å²) in [4.78, 5) is 2.44. The lowest BCUT2D eigenvalue weighted by Gasteiger charge is -2.37.